The molecule has 2 aromatic rings. The fourth-order valence-electron chi connectivity index (χ4n) is 3.26. The van der Waals surface area contributed by atoms with E-state index in [4.69, 9.17) is 14.0 Å². The van der Waals surface area contributed by atoms with E-state index in [-0.39, 0.29) is 0 Å². The van der Waals surface area contributed by atoms with Crippen LogP contribution in [0, 0.1) is 0 Å². The van der Waals surface area contributed by atoms with Crippen molar-refractivity contribution in [1.82, 2.24) is 14.5 Å². The Bertz CT molecular complexity index is 860. The van der Waals surface area contributed by atoms with Gasteiger partial charge in [-0.05, 0) is 33.7 Å². The summed E-state index contributed by atoms with van der Waals surface area (Å²) < 4.78 is 20.7. The van der Waals surface area contributed by atoms with Crippen molar-refractivity contribution in [3.63, 3.8) is 0 Å². The van der Waals surface area contributed by atoms with Gasteiger partial charge in [-0.2, -0.15) is 0 Å². The molecule has 29 heavy (non-hydrogen) atoms. The molecule has 0 radical (unpaired) electrons. The normalized spacial score (nSPS) is 18.6. The first-order valence-corrected chi connectivity index (χ1v) is 14.0. The number of hydrogen-bond acceptors (Lipinski definition) is 6. The van der Waals surface area contributed by atoms with Crippen molar-refractivity contribution < 1.29 is 14.0 Å². The lowest BCUT2D eigenvalue weighted by Crippen LogP contribution is -2.41. The van der Waals surface area contributed by atoms with Gasteiger partial charge in [0.1, 0.15) is 24.5 Å². The first-order valence-electron chi connectivity index (χ1n) is 10.3. The number of nitrogens with zero attached hydrogens (tertiary/aromatic N) is 4. The van der Waals surface area contributed by atoms with Crippen molar-refractivity contribution >= 4 is 37.5 Å². The van der Waals surface area contributed by atoms with Crippen molar-refractivity contribution in [2.24, 2.45) is 0 Å². The van der Waals surface area contributed by atoms with Gasteiger partial charge >= 0.3 is 7.12 Å². The van der Waals surface area contributed by atoms with Crippen molar-refractivity contribution in [3.8, 4) is 0 Å². The number of rotatable bonds is 7. The lowest BCUT2D eigenvalue weighted by Gasteiger charge is -2.32. The van der Waals surface area contributed by atoms with E-state index in [9.17, 15) is 0 Å². The van der Waals surface area contributed by atoms with Crippen LogP contribution in [0.4, 0.5) is 5.82 Å². The van der Waals surface area contributed by atoms with Gasteiger partial charge in [-0.3, -0.25) is 0 Å². The zero-order chi connectivity index (χ0) is 21.6. The van der Waals surface area contributed by atoms with Crippen LogP contribution in [0.5, 0.6) is 0 Å². The zero-order valence-electron chi connectivity index (χ0n) is 19.4. The average Bonchev–Trinajstić information content (AvgIpc) is 3.05. The lowest BCUT2D eigenvalue weighted by molar-refractivity contribution is 0.00578. The molecule has 0 N–H and O–H groups in total. The maximum atomic E-state index is 6.33. The molecular weight excluding hydrogens is 383 g/mol. The van der Waals surface area contributed by atoms with Crippen LogP contribution < -0.4 is 10.4 Å². The van der Waals surface area contributed by atoms with Gasteiger partial charge in [0, 0.05) is 40.4 Å². The molecule has 0 aromatic carbocycles. The molecule has 9 heteroatoms. The van der Waals surface area contributed by atoms with E-state index in [1.807, 2.05) is 29.8 Å². The maximum Gasteiger partial charge on any atom is 0.497 e. The molecule has 1 fully saturated rings. The van der Waals surface area contributed by atoms with Crippen LogP contribution in [0.1, 0.15) is 27.7 Å². The summed E-state index contributed by atoms with van der Waals surface area (Å²) in [6.07, 6.45) is 3.65. The molecule has 2 aromatic heterocycles. The second kappa shape index (κ2) is 7.68. The molecular formula is C20H35BN4O3Si. The quantitative estimate of drug-likeness (QED) is 0.509. The van der Waals surface area contributed by atoms with Crippen molar-refractivity contribution in [2.45, 2.75) is 71.3 Å². The molecule has 3 heterocycles. The Hall–Kier alpha value is -1.42. The summed E-state index contributed by atoms with van der Waals surface area (Å²) in [6.45, 7) is 16.5. The number of aromatic nitrogens is 3. The Balaban J connectivity index is 1.97. The fraction of sp³-hybridized carbons (Fsp3) is 0.700. The Morgan fingerprint density at radius 1 is 1.10 bits per heavy atom. The average molecular weight is 418 g/mol. The van der Waals surface area contributed by atoms with Crippen LogP contribution in [0.25, 0.3) is 11.0 Å². The van der Waals surface area contributed by atoms with Crippen molar-refractivity contribution in [2.75, 3.05) is 25.6 Å². The third-order valence-electron chi connectivity index (χ3n) is 5.82. The molecule has 0 bridgehead atoms. The monoisotopic (exact) mass is 418 g/mol. The molecule has 0 aliphatic carbocycles. The highest BCUT2D eigenvalue weighted by atomic mass is 28.3. The minimum atomic E-state index is -1.13. The fourth-order valence-corrected chi connectivity index (χ4v) is 4.02. The minimum Gasteiger partial charge on any atom is -0.399 e. The molecule has 0 atom stereocenters. The van der Waals surface area contributed by atoms with E-state index in [1.54, 1.807) is 6.33 Å². The Kier molecular flexibility index (Phi) is 5.90. The van der Waals surface area contributed by atoms with Gasteiger partial charge in [-0.15, -0.1) is 0 Å². The molecule has 0 saturated carbocycles. The van der Waals surface area contributed by atoms with E-state index >= 15 is 0 Å². The maximum absolute atomic E-state index is 6.33. The van der Waals surface area contributed by atoms with E-state index in [0.29, 0.717) is 6.73 Å². The van der Waals surface area contributed by atoms with Gasteiger partial charge in [0.05, 0.1) is 16.6 Å². The van der Waals surface area contributed by atoms with Gasteiger partial charge in [0.15, 0.2) is 0 Å². The van der Waals surface area contributed by atoms with Crippen LogP contribution in [-0.4, -0.2) is 61.6 Å². The van der Waals surface area contributed by atoms with E-state index < -0.39 is 26.4 Å². The minimum absolute atomic E-state index is 0.409. The Morgan fingerprint density at radius 3 is 2.28 bits per heavy atom. The Morgan fingerprint density at radius 2 is 1.72 bits per heavy atom. The number of fused-ring (bicyclic) bond motifs is 1. The smallest absolute Gasteiger partial charge is 0.399 e. The van der Waals surface area contributed by atoms with E-state index in [1.165, 1.54) is 0 Å². The molecule has 1 aliphatic heterocycles. The predicted molar refractivity (Wildman–Crippen MR) is 122 cm³/mol. The summed E-state index contributed by atoms with van der Waals surface area (Å²) in [5.41, 5.74) is 0.958. The number of hydrogen-bond donors (Lipinski definition) is 0. The highest BCUT2D eigenvalue weighted by molar-refractivity contribution is 6.76. The summed E-state index contributed by atoms with van der Waals surface area (Å²) >= 11 is 0. The third kappa shape index (κ3) is 4.52. The highest BCUT2D eigenvalue weighted by Crippen LogP contribution is 2.37. The van der Waals surface area contributed by atoms with Crippen molar-refractivity contribution in [1.29, 1.82) is 0 Å². The van der Waals surface area contributed by atoms with Gasteiger partial charge < -0.3 is 23.5 Å². The summed E-state index contributed by atoms with van der Waals surface area (Å²) in [7, 11) is 2.36. The molecule has 0 spiro atoms. The zero-order valence-corrected chi connectivity index (χ0v) is 20.4. The van der Waals surface area contributed by atoms with E-state index in [2.05, 4.69) is 57.3 Å². The molecule has 0 unspecified atom stereocenters. The highest BCUT2D eigenvalue weighted by Gasteiger charge is 2.52. The van der Waals surface area contributed by atoms with Gasteiger partial charge in [0.25, 0.3) is 0 Å². The summed E-state index contributed by atoms with van der Waals surface area (Å²) in [5.74, 6) is 0.848. The molecule has 3 rings (SSSR count). The standard InChI is InChI=1S/C20H35BN4O3Si/c1-19(2)20(3,4)28-21(27-19)15-12-25(14-26-10-11-29(7,8)9)18-16(15)17(24(5)6)22-13-23-18/h12-13H,10-11,14H2,1-9H3. The largest absolute Gasteiger partial charge is 0.497 e. The van der Waals surface area contributed by atoms with Crippen molar-refractivity contribution in [3.05, 3.63) is 12.5 Å². The van der Waals surface area contributed by atoms with Crippen LogP contribution in [-0.2, 0) is 20.8 Å². The number of ether oxygens (including phenoxy) is 1. The first kappa shape index (κ1) is 22.3. The summed E-state index contributed by atoms with van der Waals surface area (Å²) in [6, 6.07) is 1.13. The topological polar surface area (TPSA) is 61.6 Å². The van der Waals surface area contributed by atoms with Crippen LogP contribution in [0.3, 0.4) is 0 Å². The van der Waals surface area contributed by atoms with Gasteiger partial charge in [0.2, 0.25) is 0 Å². The number of anilines is 1. The second-order valence-electron chi connectivity index (χ2n) is 10.3. The summed E-state index contributed by atoms with van der Waals surface area (Å²) in [5, 5.41) is 0.949. The van der Waals surface area contributed by atoms with Gasteiger partial charge in [-0.1, -0.05) is 19.6 Å². The van der Waals surface area contributed by atoms with Crippen LogP contribution in [0.15, 0.2) is 12.5 Å². The van der Waals surface area contributed by atoms with Crippen LogP contribution >= 0.6 is 0 Å². The van der Waals surface area contributed by atoms with Crippen LogP contribution in [0.2, 0.25) is 25.7 Å². The first-order chi connectivity index (χ1) is 13.3. The van der Waals surface area contributed by atoms with E-state index in [0.717, 1.165) is 35.0 Å². The molecule has 7 nitrogen and oxygen atoms in total. The second-order valence-corrected chi connectivity index (χ2v) is 15.9. The molecule has 0 amide bonds. The van der Waals surface area contributed by atoms with Gasteiger partial charge in [-0.25, -0.2) is 9.97 Å². The molecule has 1 saturated heterocycles. The lowest BCUT2D eigenvalue weighted by atomic mass is 9.79. The summed E-state index contributed by atoms with van der Waals surface area (Å²) in [4.78, 5) is 11.1. The third-order valence-corrected chi connectivity index (χ3v) is 7.52. The SMILES string of the molecule is CN(C)c1ncnc2c1c(B1OC(C)(C)C(C)(C)O1)cn2COCC[Si](C)(C)C. The molecule has 160 valence electrons. The Labute approximate surface area is 175 Å². The predicted octanol–water partition coefficient (Wildman–Crippen LogP) is 3.11. The molecule has 1 aliphatic rings.